The number of nitrogens with one attached hydrogen (secondary N) is 1. The van der Waals surface area contributed by atoms with Gasteiger partial charge in [-0.05, 0) is 36.8 Å². The Morgan fingerprint density at radius 3 is 2.34 bits per heavy atom. The molecule has 2 aromatic carbocycles. The van der Waals surface area contributed by atoms with Crippen molar-refractivity contribution in [2.24, 2.45) is 16.7 Å². The van der Waals surface area contributed by atoms with Gasteiger partial charge in [0.2, 0.25) is 11.8 Å². The van der Waals surface area contributed by atoms with Crippen LogP contribution in [0.15, 0.2) is 42.6 Å². The van der Waals surface area contributed by atoms with Crippen LogP contribution in [0.3, 0.4) is 0 Å². The van der Waals surface area contributed by atoms with Gasteiger partial charge in [0, 0.05) is 84.9 Å². The molecule has 4 fully saturated rings. The van der Waals surface area contributed by atoms with Crippen LogP contribution in [-0.4, -0.2) is 99.6 Å². The summed E-state index contributed by atoms with van der Waals surface area (Å²) in [4.78, 5) is 75.5. The second-order valence-corrected chi connectivity index (χ2v) is 17.6. The number of ether oxygens (including phenoxy) is 1. The monoisotopic (exact) mass is 803 g/mol. The number of hydrogen-bond acceptors (Lipinski definition) is 10. The summed E-state index contributed by atoms with van der Waals surface area (Å²) >= 11 is 6.25. The van der Waals surface area contributed by atoms with Crippen molar-refractivity contribution in [2.45, 2.75) is 71.3 Å². The number of amides is 5. The number of aromatic nitrogens is 1. The van der Waals surface area contributed by atoms with E-state index < -0.39 is 46.3 Å². The molecular formula is C43H39ClFN7O6. The Labute approximate surface area is 339 Å². The molecule has 3 saturated heterocycles. The third-order valence-electron chi connectivity index (χ3n) is 12.8. The van der Waals surface area contributed by atoms with E-state index in [4.69, 9.17) is 16.3 Å². The molecule has 1 unspecified atom stereocenters. The van der Waals surface area contributed by atoms with E-state index in [1.807, 2.05) is 33.8 Å². The highest BCUT2D eigenvalue weighted by molar-refractivity contribution is 6.31. The molecule has 1 aromatic heterocycles. The highest BCUT2D eigenvalue weighted by atomic mass is 35.5. The summed E-state index contributed by atoms with van der Waals surface area (Å²) in [5.74, 6) is 3.80. The van der Waals surface area contributed by atoms with Gasteiger partial charge in [-0.15, -0.1) is 0 Å². The Bertz CT molecular complexity index is 2460. The number of hydrogen-bond donors (Lipinski definition) is 1. The number of piperidine rings is 1. The van der Waals surface area contributed by atoms with Gasteiger partial charge in [0.15, 0.2) is 0 Å². The number of imide groups is 2. The van der Waals surface area contributed by atoms with Gasteiger partial charge < -0.3 is 14.5 Å². The molecular weight excluding hydrogens is 765 g/mol. The fraction of sp³-hybridized carbons (Fsp3) is 0.419. The van der Waals surface area contributed by atoms with E-state index in [0.29, 0.717) is 16.3 Å². The van der Waals surface area contributed by atoms with Crippen LogP contribution in [0.5, 0.6) is 5.75 Å². The Balaban J connectivity index is 0.799. The molecule has 6 aliphatic rings. The average molecular weight is 804 g/mol. The molecule has 5 aliphatic heterocycles. The number of benzene rings is 2. The molecule has 13 nitrogen and oxygen atoms in total. The zero-order valence-corrected chi connectivity index (χ0v) is 33.0. The largest absolute Gasteiger partial charge is 0.489 e. The molecule has 0 bridgehead atoms. The van der Waals surface area contributed by atoms with Gasteiger partial charge in [0.1, 0.15) is 35.5 Å². The summed E-state index contributed by atoms with van der Waals surface area (Å²) in [5, 5.41) is 11.8. The second kappa shape index (κ2) is 13.4. The topological polar surface area (TPSA) is 156 Å². The molecule has 3 aromatic rings. The molecule has 6 heterocycles. The molecule has 1 aliphatic carbocycles. The van der Waals surface area contributed by atoms with Gasteiger partial charge in [0.05, 0.1) is 33.8 Å². The van der Waals surface area contributed by atoms with E-state index in [1.54, 1.807) is 41.3 Å². The number of likely N-dealkylation sites (tertiary alicyclic amines) is 1. The van der Waals surface area contributed by atoms with E-state index in [9.17, 15) is 29.2 Å². The number of fused-ring (bicyclic) bond motifs is 2. The Morgan fingerprint density at radius 1 is 0.931 bits per heavy atom. The molecule has 1 saturated carbocycles. The van der Waals surface area contributed by atoms with E-state index in [1.165, 1.54) is 6.20 Å². The van der Waals surface area contributed by atoms with Gasteiger partial charge in [-0.3, -0.25) is 39.1 Å². The fourth-order valence-electron chi connectivity index (χ4n) is 10.2. The van der Waals surface area contributed by atoms with Crippen molar-refractivity contribution in [2.75, 3.05) is 31.1 Å². The number of halogens is 2. The van der Waals surface area contributed by atoms with Crippen LogP contribution in [0.4, 0.5) is 10.1 Å². The Kier molecular flexibility index (Phi) is 8.69. The number of anilines is 1. The standard InChI is InChI=1S/C43H39ClFN7O6/c1-42(2)40(43(3,4)41(42)58-27-9-7-23(15-46)31(44)14-27)51-21-30-34(45)24(16-47-35(30)39(51)57)6-5-22-17-49(18-22)26-19-50(20-26)25-8-10-28-29(13-25)38(56)52(37(28)55)32-11-12-33(53)48-36(32)54/h7-10,13-14,16,22,26,32,40-41H,11-12,17-21H2,1-4H3,(H,48,53,54)/t32?,40-,41-. The zero-order chi connectivity index (χ0) is 41.0. The van der Waals surface area contributed by atoms with Crippen LogP contribution in [0, 0.1) is 45.7 Å². The molecule has 0 spiro atoms. The molecule has 5 amide bonds. The van der Waals surface area contributed by atoms with Crippen LogP contribution >= 0.6 is 11.6 Å². The molecule has 58 heavy (non-hydrogen) atoms. The van der Waals surface area contributed by atoms with Gasteiger partial charge in [-0.2, -0.15) is 5.26 Å². The van der Waals surface area contributed by atoms with Crippen LogP contribution in [0.25, 0.3) is 0 Å². The predicted molar refractivity (Wildman–Crippen MR) is 207 cm³/mol. The fourth-order valence-corrected chi connectivity index (χ4v) is 10.4. The SMILES string of the molecule is CC1(C)[C@H](Oc2ccc(C#N)c(Cl)c2)C(C)(C)[C@H]1N1Cc2c(ncc(C#CC3CN(C4CN(c5ccc6c(c5)C(=O)N(C5CCC(=O)NC5=O)C6=O)C4)C3)c2F)C1=O. The lowest BCUT2D eigenvalue weighted by Gasteiger charge is -2.65. The highest BCUT2D eigenvalue weighted by Gasteiger charge is 2.67. The maximum absolute atomic E-state index is 16.0. The average Bonchev–Trinajstić information content (AvgIpc) is 3.59. The molecule has 15 heteroatoms. The minimum atomic E-state index is -1.01. The summed E-state index contributed by atoms with van der Waals surface area (Å²) in [6, 6.07) is 11.1. The first-order valence-electron chi connectivity index (χ1n) is 19.3. The van der Waals surface area contributed by atoms with Gasteiger partial charge in [-0.1, -0.05) is 51.1 Å². The minimum Gasteiger partial charge on any atom is -0.489 e. The van der Waals surface area contributed by atoms with Crippen LogP contribution < -0.4 is 15.0 Å². The van der Waals surface area contributed by atoms with Crippen LogP contribution in [-0.2, 0) is 16.1 Å². The normalized spacial score (nSPS) is 24.9. The number of rotatable bonds is 6. The van der Waals surface area contributed by atoms with Crippen molar-refractivity contribution in [1.29, 1.82) is 5.26 Å². The first-order chi connectivity index (χ1) is 27.6. The van der Waals surface area contributed by atoms with Gasteiger partial charge in [0.25, 0.3) is 17.7 Å². The summed E-state index contributed by atoms with van der Waals surface area (Å²) < 4.78 is 22.4. The molecule has 0 radical (unpaired) electrons. The van der Waals surface area contributed by atoms with Crippen molar-refractivity contribution in [3.8, 4) is 23.7 Å². The molecule has 9 rings (SSSR count). The number of carbonyl (C=O) groups excluding carboxylic acids is 5. The quantitative estimate of drug-likeness (QED) is 0.284. The lowest BCUT2D eigenvalue weighted by molar-refractivity contribution is -0.199. The van der Waals surface area contributed by atoms with E-state index in [0.717, 1.165) is 36.8 Å². The predicted octanol–water partition coefficient (Wildman–Crippen LogP) is 4.16. The zero-order valence-electron chi connectivity index (χ0n) is 32.3. The lowest BCUT2D eigenvalue weighted by Crippen LogP contribution is -2.74. The van der Waals surface area contributed by atoms with Gasteiger partial charge >= 0.3 is 0 Å². The van der Waals surface area contributed by atoms with Crippen molar-refractivity contribution < 1.29 is 33.1 Å². The van der Waals surface area contributed by atoms with Crippen LogP contribution in [0.2, 0.25) is 5.02 Å². The summed E-state index contributed by atoms with van der Waals surface area (Å²) in [5.41, 5.74) is 1.17. The van der Waals surface area contributed by atoms with Crippen molar-refractivity contribution in [1.82, 2.24) is 25.0 Å². The summed E-state index contributed by atoms with van der Waals surface area (Å²) in [7, 11) is 0. The van der Waals surface area contributed by atoms with E-state index in [-0.39, 0.29) is 77.3 Å². The van der Waals surface area contributed by atoms with Crippen molar-refractivity contribution in [3.63, 3.8) is 0 Å². The number of carbonyl (C=O) groups is 5. The minimum absolute atomic E-state index is 0.0428. The first-order valence-corrected chi connectivity index (χ1v) is 19.7. The Hall–Kier alpha value is -5.83. The third-order valence-corrected chi connectivity index (χ3v) is 13.1. The third kappa shape index (κ3) is 5.76. The van der Waals surface area contributed by atoms with Crippen molar-refractivity contribution in [3.05, 3.63) is 86.9 Å². The highest BCUT2D eigenvalue weighted by Crippen LogP contribution is 2.59. The smallest absolute Gasteiger partial charge is 0.273 e. The summed E-state index contributed by atoms with van der Waals surface area (Å²) in [6.07, 6.45) is 1.21. The maximum Gasteiger partial charge on any atom is 0.273 e. The molecule has 1 atom stereocenters. The molecule has 1 N–H and O–H groups in total. The van der Waals surface area contributed by atoms with Crippen LogP contribution in [0.1, 0.15) is 88.4 Å². The van der Waals surface area contributed by atoms with Gasteiger partial charge in [-0.25, -0.2) is 9.37 Å². The number of pyridine rings is 1. The second-order valence-electron chi connectivity index (χ2n) is 17.2. The van der Waals surface area contributed by atoms with Crippen molar-refractivity contribution >= 4 is 46.8 Å². The maximum atomic E-state index is 16.0. The number of nitriles is 1. The van der Waals surface area contributed by atoms with E-state index >= 15 is 4.39 Å². The lowest BCUT2D eigenvalue weighted by atomic mass is 9.49. The van der Waals surface area contributed by atoms with E-state index in [2.05, 4.69) is 31.9 Å². The summed E-state index contributed by atoms with van der Waals surface area (Å²) in [6.45, 7) is 11.1. The first kappa shape index (κ1) is 37.7. The number of nitrogens with zero attached hydrogens (tertiary/aromatic N) is 6. The Morgan fingerprint density at radius 2 is 1.66 bits per heavy atom. The molecule has 296 valence electrons.